The first-order valence-electron chi connectivity index (χ1n) is 5.83. The summed E-state index contributed by atoms with van der Waals surface area (Å²) in [5.41, 5.74) is 0.653. The average molecular weight is 347 g/mol. The predicted molar refractivity (Wildman–Crippen MR) is 83.2 cm³/mol. The molecule has 0 aliphatic heterocycles. The van der Waals surface area contributed by atoms with Gasteiger partial charge in [0.2, 0.25) is 5.91 Å². The summed E-state index contributed by atoms with van der Waals surface area (Å²) in [6, 6.07) is 6.16. The molecule has 3 N–H and O–H groups in total. The van der Waals surface area contributed by atoms with Crippen LogP contribution in [0.3, 0.4) is 0 Å². The molecule has 0 spiro atoms. The Bertz CT molecular complexity index is 685. The lowest BCUT2D eigenvalue weighted by molar-refractivity contribution is -0.115. The van der Waals surface area contributed by atoms with Crippen LogP contribution in [-0.4, -0.2) is 23.3 Å². The normalized spacial score (nSPS) is 10.2. The Morgan fingerprint density at radius 2 is 1.86 bits per heavy atom. The van der Waals surface area contributed by atoms with E-state index in [9.17, 15) is 9.59 Å². The van der Waals surface area contributed by atoms with Crippen LogP contribution in [-0.2, 0) is 4.79 Å². The van der Waals surface area contributed by atoms with Crippen molar-refractivity contribution in [2.24, 2.45) is 0 Å². The van der Waals surface area contributed by atoms with Crippen molar-refractivity contribution in [3.63, 3.8) is 0 Å². The second-order valence-corrected chi connectivity index (χ2v) is 5.37. The van der Waals surface area contributed by atoms with Crippen molar-refractivity contribution in [2.75, 3.05) is 11.9 Å². The number of halogens is 3. The van der Waals surface area contributed by atoms with Crippen molar-refractivity contribution in [1.82, 2.24) is 10.3 Å². The van der Waals surface area contributed by atoms with E-state index >= 15 is 0 Å². The molecular formula is C13H10Cl3N3O2. The maximum Gasteiger partial charge on any atom is 0.268 e. The van der Waals surface area contributed by atoms with E-state index < -0.39 is 11.8 Å². The standard InChI is InChI=1S/C13H10Cl3N3O2/c14-7-1-2-9(16)10(3-7)19-12(20)6-18-13(21)11-4-8(15)5-17-11/h1-5,17H,6H2,(H,18,21)(H,19,20). The molecule has 21 heavy (non-hydrogen) atoms. The van der Waals surface area contributed by atoms with Crippen LogP contribution in [0.15, 0.2) is 30.5 Å². The molecule has 2 aromatic rings. The molecule has 2 rings (SSSR count). The molecule has 1 aromatic heterocycles. The molecule has 110 valence electrons. The van der Waals surface area contributed by atoms with Crippen LogP contribution in [0.4, 0.5) is 5.69 Å². The first-order chi connectivity index (χ1) is 9.95. The van der Waals surface area contributed by atoms with Gasteiger partial charge in [0.15, 0.2) is 0 Å². The van der Waals surface area contributed by atoms with E-state index in [4.69, 9.17) is 34.8 Å². The molecule has 5 nitrogen and oxygen atoms in total. The topological polar surface area (TPSA) is 74.0 Å². The Morgan fingerprint density at radius 1 is 1.10 bits per heavy atom. The summed E-state index contributed by atoms with van der Waals surface area (Å²) < 4.78 is 0. The number of carbonyl (C=O) groups excluding carboxylic acids is 2. The second kappa shape index (κ2) is 6.85. The van der Waals surface area contributed by atoms with E-state index in [0.29, 0.717) is 20.8 Å². The number of H-pyrrole nitrogens is 1. The zero-order valence-corrected chi connectivity index (χ0v) is 12.8. The third kappa shape index (κ3) is 4.39. The zero-order chi connectivity index (χ0) is 15.4. The number of anilines is 1. The fourth-order valence-corrected chi connectivity index (χ4v) is 2.04. The van der Waals surface area contributed by atoms with Crippen LogP contribution in [0.2, 0.25) is 15.1 Å². The minimum absolute atomic E-state index is 0.210. The first-order valence-corrected chi connectivity index (χ1v) is 6.96. The number of carbonyl (C=O) groups is 2. The first kappa shape index (κ1) is 15.7. The maximum absolute atomic E-state index is 11.8. The van der Waals surface area contributed by atoms with Crippen LogP contribution < -0.4 is 10.6 Å². The quantitative estimate of drug-likeness (QED) is 0.794. The molecule has 0 fully saturated rings. The summed E-state index contributed by atoms with van der Waals surface area (Å²) in [5.74, 6) is -0.862. The summed E-state index contributed by atoms with van der Waals surface area (Å²) in [6.07, 6.45) is 1.47. The van der Waals surface area contributed by atoms with E-state index in [0.717, 1.165) is 0 Å². The highest BCUT2D eigenvalue weighted by atomic mass is 35.5. The summed E-state index contributed by atoms with van der Waals surface area (Å²) >= 11 is 17.4. The van der Waals surface area contributed by atoms with Gasteiger partial charge in [0, 0.05) is 11.2 Å². The van der Waals surface area contributed by atoms with Crippen LogP contribution >= 0.6 is 34.8 Å². The van der Waals surface area contributed by atoms with Gasteiger partial charge in [-0.3, -0.25) is 9.59 Å². The zero-order valence-electron chi connectivity index (χ0n) is 10.5. The minimum Gasteiger partial charge on any atom is -0.356 e. The second-order valence-electron chi connectivity index (χ2n) is 4.09. The van der Waals surface area contributed by atoms with Crippen LogP contribution in [0, 0.1) is 0 Å². The van der Waals surface area contributed by atoms with Gasteiger partial charge in [-0.1, -0.05) is 34.8 Å². The third-order valence-corrected chi connectivity index (χ3v) is 3.29. The molecule has 0 radical (unpaired) electrons. The maximum atomic E-state index is 11.8. The van der Waals surface area contributed by atoms with Crippen LogP contribution in [0.1, 0.15) is 10.5 Å². The number of benzene rings is 1. The molecule has 0 saturated carbocycles. The highest BCUT2D eigenvalue weighted by molar-refractivity contribution is 6.35. The molecule has 0 atom stereocenters. The van der Waals surface area contributed by atoms with Crippen molar-refractivity contribution < 1.29 is 9.59 Å². The Morgan fingerprint density at radius 3 is 2.52 bits per heavy atom. The number of hydrogen-bond donors (Lipinski definition) is 3. The van der Waals surface area contributed by atoms with Gasteiger partial charge in [0.1, 0.15) is 5.69 Å². The van der Waals surface area contributed by atoms with Crippen molar-refractivity contribution >= 4 is 52.3 Å². The fraction of sp³-hybridized carbons (Fsp3) is 0.0769. The van der Waals surface area contributed by atoms with E-state index in [1.54, 1.807) is 12.1 Å². The third-order valence-electron chi connectivity index (χ3n) is 2.50. The summed E-state index contributed by atoms with van der Waals surface area (Å²) in [6.45, 7) is -0.210. The number of amides is 2. The summed E-state index contributed by atoms with van der Waals surface area (Å²) in [7, 11) is 0. The van der Waals surface area contributed by atoms with Gasteiger partial charge >= 0.3 is 0 Å². The van der Waals surface area contributed by atoms with Gasteiger partial charge in [0.05, 0.1) is 22.3 Å². The Balaban J connectivity index is 1.90. The summed E-state index contributed by atoms with van der Waals surface area (Å²) in [4.78, 5) is 26.1. The van der Waals surface area contributed by atoms with Crippen molar-refractivity contribution in [1.29, 1.82) is 0 Å². The lowest BCUT2D eigenvalue weighted by Gasteiger charge is -2.08. The number of aromatic nitrogens is 1. The van der Waals surface area contributed by atoms with Gasteiger partial charge in [-0.25, -0.2) is 0 Å². The highest BCUT2D eigenvalue weighted by Crippen LogP contribution is 2.25. The van der Waals surface area contributed by atoms with Gasteiger partial charge < -0.3 is 15.6 Å². The molecule has 1 heterocycles. The van der Waals surface area contributed by atoms with Crippen LogP contribution in [0.5, 0.6) is 0 Å². The van der Waals surface area contributed by atoms with Gasteiger partial charge in [0.25, 0.3) is 5.91 Å². The highest BCUT2D eigenvalue weighted by Gasteiger charge is 2.11. The smallest absolute Gasteiger partial charge is 0.268 e. The largest absolute Gasteiger partial charge is 0.356 e. The lowest BCUT2D eigenvalue weighted by atomic mass is 10.3. The van der Waals surface area contributed by atoms with E-state index in [-0.39, 0.29) is 12.2 Å². The molecule has 0 aliphatic rings. The monoisotopic (exact) mass is 345 g/mol. The predicted octanol–water partition coefficient (Wildman–Crippen LogP) is 3.34. The Labute approximate surface area is 135 Å². The lowest BCUT2D eigenvalue weighted by Crippen LogP contribution is -2.33. The van der Waals surface area contributed by atoms with E-state index in [1.807, 2.05) is 0 Å². The Kier molecular flexibility index (Phi) is 5.12. The fourth-order valence-electron chi connectivity index (χ4n) is 1.54. The SMILES string of the molecule is O=C(CNC(=O)c1cc(Cl)c[nH]1)Nc1cc(Cl)ccc1Cl. The van der Waals surface area contributed by atoms with Gasteiger partial charge in [-0.15, -0.1) is 0 Å². The molecule has 0 saturated heterocycles. The number of rotatable bonds is 4. The van der Waals surface area contributed by atoms with Crippen molar-refractivity contribution in [3.8, 4) is 0 Å². The molecule has 2 amide bonds. The number of nitrogens with one attached hydrogen (secondary N) is 3. The van der Waals surface area contributed by atoms with E-state index in [1.165, 1.54) is 18.3 Å². The number of hydrogen-bond acceptors (Lipinski definition) is 2. The van der Waals surface area contributed by atoms with Crippen molar-refractivity contribution in [2.45, 2.75) is 0 Å². The average Bonchev–Trinajstić information content (AvgIpc) is 2.87. The number of aromatic amines is 1. The molecule has 0 bridgehead atoms. The molecule has 8 heteroatoms. The van der Waals surface area contributed by atoms with Gasteiger partial charge in [-0.2, -0.15) is 0 Å². The Hall–Kier alpha value is -1.69. The van der Waals surface area contributed by atoms with E-state index in [2.05, 4.69) is 15.6 Å². The summed E-state index contributed by atoms with van der Waals surface area (Å²) in [5, 5.41) is 6.22. The molecule has 0 aliphatic carbocycles. The van der Waals surface area contributed by atoms with Gasteiger partial charge in [-0.05, 0) is 24.3 Å². The molecule has 0 unspecified atom stereocenters. The van der Waals surface area contributed by atoms with Crippen LogP contribution in [0.25, 0.3) is 0 Å². The molecule has 1 aromatic carbocycles. The van der Waals surface area contributed by atoms with Crippen molar-refractivity contribution in [3.05, 3.63) is 51.2 Å². The molecular weight excluding hydrogens is 337 g/mol. The minimum atomic E-state index is -0.436.